The largest absolute Gasteiger partial charge is 0.463 e. The molecule has 1 heterocycles. The van der Waals surface area contributed by atoms with Gasteiger partial charge in [-0.1, -0.05) is 29.5 Å². The molecular weight excluding hydrogens is 360 g/mol. The van der Waals surface area contributed by atoms with Gasteiger partial charge >= 0.3 is 17.9 Å². The first kappa shape index (κ1) is 20.3. The Hall–Kier alpha value is -2.06. The number of rotatable bonds is 6. The molecule has 1 aromatic carbocycles. The highest BCUT2D eigenvalue weighted by atomic mass is 32.2. The maximum Gasteiger partial charge on any atom is 0.303 e. The summed E-state index contributed by atoms with van der Waals surface area (Å²) < 4.78 is 21.6. The van der Waals surface area contributed by atoms with Crippen LogP contribution in [0.4, 0.5) is 0 Å². The van der Waals surface area contributed by atoms with Crippen molar-refractivity contribution in [3.63, 3.8) is 0 Å². The van der Waals surface area contributed by atoms with Crippen LogP contribution in [-0.4, -0.2) is 48.3 Å². The van der Waals surface area contributed by atoms with Crippen molar-refractivity contribution in [3.05, 3.63) is 29.8 Å². The van der Waals surface area contributed by atoms with Crippen molar-refractivity contribution in [2.24, 2.45) is 0 Å². The molecule has 1 aromatic rings. The van der Waals surface area contributed by atoms with Gasteiger partial charge in [-0.3, -0.25) is 14.4 Å². The van der Waals surface area contributed by atoms with Crippen LogP contribution < -0.4 is 0 Å². The smallest absolute Gasteiger partial charge is 0.303 e. The third-order valence-corrected chi connectivity index (χ3v) is 4.75. The van der Waals surface area contributed by atoms with Crippen LogP contribution in [0.3, 0.4) is 0 Å². The minimum Gasteiger partial charge on any atom is -0.463 e. The molecule has 1 fully saturated rings. The van der Waals surface area contributed by atoms with Crippen LogP contribution in [0.25, 0.3) is 0 Å². The van der Waals surface area contributed by atoms with E-state index in [2.05, 4.69) is 0 Å². The summed E-state index contributed by atoms with van der Waals surface area (Å²) >= 11 is 1.35. The summed E-state index contributed by atoms with van der Waals surface area (Å²) in [5, 5.41) is 0. The van der Waals surface area contributed by atoms with Crippen LogP contribution in [0.1, 0.15) is 26.3 Å². The van der Waals surface area contributed by atoms with Crippen LogP contribution in [0.2, 0.25) is 0 Å². The van der Waals surface area contributed by atoms with Crippen LogP contribution >= 0.6 is 11.8 Å². The molecule has 1 aliphatic heterocycles. The van der Waals surface area contributed by atoms with Crippen LogP contribution in [-0.2, 0) is 33.3 Å². The quantitative estimate of drug-likeness (QED) is 0.547. The Balaban J connectivity index is 2.22. The zero-order valence-corrected chi connectivity index (χ0v) is 15.9. The monoisotopic (exact) mass is 382 g/mol. The van der Waals surface area contributed by atoms with Gasteiger partial charge in [-0.2, -0.15) is 0 Å². The van der Waals surface area contributed by atoms with E-state index in [0.29, 0.717) is 0 Å². The number of ether oxygens (including phenoxy) is 4. The van der Waals surface area contributed by atoms with Crippen molar-refractivity contribution in [3.8, 4) is 0 Å². The number of thioether (sulfide) groups is 1. The van der Waals surface area contributed by atoms with E-state index in [1.54, 1.807) is 0 Å². The van der Waals surface area contributed by atoms with Gasteiger partial charge in [-0.05, 0) is 19.1 Å². The van der Waals surface area contributed by atoms with Gasteiger partial charge in [0.25, 0.3) is 0 Å². The second-order valence-corrected chi connectivity index (χ2v) is 7.10. The first-order valence-corrected chi connectivity index (χ1v) is 9.01. The normalized spacial score (nSPS) is 24.8. The Morgan fingerprint density at radius 3 is 2.08 bits per heavy atom. The molecule has 8 heteroatoms. The summed E-state index contributed by atoms with van der Waals surface area (Å²) in [6.07, 6.45) is -2.41. The van der Waals surface area contributed by atoms with Gasteiger partial charge in [0.2, 0.25) is 0 Å². The molecule has 0 amide bonds. The molecule has 0 unspecified atom stereocenters. The molecule has 7 nitrogen and oxygen atoms in total. The zero-order chi connectivity index (χ0) is 19.3. The Kier molecular flexibility index (Phi) is 7.05. The van der Waals surface area contributed by atoms with Crippen molar-refractivity contribution >= 4 is 29.7 Å². The highest BCUT2D eigenvalue weighted by Gasteiger charge is 2.50. The lowest BCUT2D eigenvalue weighted by atomic mass is 10.1. The van der Waals surface area contributed by atoms with Gasteiger partial charge in [0.05, 0.1) is 0 Å². The first-order valence-electron chi connectivity index (χ1n) is 8.13. The molecule has 1 aliphatic rings. The number of aryl methyl sites for hydroxylation is 1. The lowest BCUT2D eigenvalue weighted by Gasteiger charge is -2.23. The summed E-state index contributed by atoms with van der Waals surface area (Å²) in [5.74, 6) is -1.53. The van der Waals surface area contributed by atoms with E-state index in [1.807, 2.05) is 31.2 Å². The lowest BCUT2D eigenvalue weighted by molar-refractivity contribution is -0.165. The average molecular weight is 382 g/mol. The SMILES string of the molecule is CC(=O)OC[C@H]1O[C@H](Sc2ccc(C)cc2)[C@@H](OC(C)=O)[C@@H]1OC(C)=O. The molecule has 1 saturated heterocycles. The molecule has 26 heavy (non-hydrogen) atoms. The van der Waals surface area contributed by atoms with Crippen LogP contribution in [0, 0.1) is 6.92 Å². The van der Waals surface area contributed by atoms with Gasteiger partial charge in [-0.15, -0.1) is 0 Å². The van der Waals surface area contributed by atoms with E-state index < -0.39 is 41.7 Å². The predicted octanol–water partition coefficient (Wildman–Crippen LogP) is 2.24. The highest BCUT2D eigenvalue weighted by molar-refractivity contribution is 7.99. The maximum atomic E-state index is 11.5. The standard InChI is InChI=1S/C18H22O7S/c1-10-5-7-14(8-6-10)26-18-17(24-13(4)21)16(23-12(3)20)15(25-18)9-22-11(2)19/h5-8,15-18H,9H2,1-4H3/t15-,16-,17+,18-/m1/s1. The van der Waals surface area contributed by atoms with E-state index in [9.17, 15) is 14.4 Å². The third-order valence-electron chi connectivity index (χ3n) is 3.60. The molecule has 0 spiro atoms. The van der Waals surface area contributed by atoms with Crippen molar-refractivity contribution in [1.82, 2.24) is 0 Å². The minimum absolute atomic E-state index is 0.101. The summed E-state index contributed by atoms with van der Waals surface area (Å²) in [4.78, 5) is 35.0. The fourth-order valence-corrected chi connectivity index (χ4v) is 3.63. The molecule has 0 bridgehead atoms. The number of benzene rings is 1. The van der Waals surface area contributed by atoms with Crippen molar-refractivity contribution in [2.45, 2.75) is 56.3 Å². The number of carbonyl (C=O) groups excluding carboxylic acids is 3. The molecule has 4 atom stereocenters. The Morgan fingerprint density at radius 1 is 0.962 bits per heavy atom. The number of hydrogen-bond donors (Lipinski definition) is 0. The Labute approximate surface area is 156 Å². The lowest BCUT2D eigenvalue weighted by Crippen LogP contribution is -2.40. The molecule has 0 N–H and O–H groups in total. The molecule has 0 radical (unpaired) electrons. The summed E-state index contributed by atoms with van der Waals surface area (Å²) in [6.45, 7) is 5.69. The second kappa shape index (κ2) is 9.05. The fourth-order valence-electron chi connectivity index (χ4n) is 2.52. The van der Waals surface area contributed by atoms with Crippen LogP contribution in [0.15, 0.2) is 29.2 Å². The summed E-state index contributed by atoms with van der Waals surface area (Å²) in [7, 11) is 0. The van der Waals surface area contributed by atoms with E-state index >= 15 is 0 Å². The van der Waals surface area contributed by atoms with Gasteiger partial charge in [0.1, 0.15) is 18.1 Å². The first-order chi connectivity index (χ1) is 12.3. The molecule has 0 aromatic heterocycles. The minimum atomic E-state index is -0.862. The van der Waals surface area contributed by atoms with E-state index in [0.717, 1.165) is 10.5 Å². The molecule has 0 aliphatic carbocycles. The van der Waals surface area contributed by atoms with Gasteiger partial charge in [0, 0.05) is 25.7 Å². The number of hydrogen-bond acceptors (Lipinski definition) is 8. The number of esters is 3. The van der Waals surface area contributed by atoms with Gasteiger partial charge in [-0.25, -0.2) is 0 Å². The third kappa shape index (κ3) is 5.74. The van der Waals surface area contributed by atoms with Crippen LogP contribution in [0.5, 0.6) is 0 Å². The average Bonchev–Trinajstić information content (AvgIpc) is 2.84. The van der Waals surface area contributed by atoms with Crippen molar-refractivity contribution in [2.75, 3.05) is 6.61 Å². The second-order valence-electron chi connectivity index (χ2n) is 5.92. The molecule has 2 rings (SSSR count). The van der Waals surface area contributed by atoms with Crippen molar-refractivity contribution < 1.29 is 33.3 Å². The molecule has 0 saturated carbocycles. The molecule has 142 valence electrons. The Bertz CT molecular complexity index is 658. The summed E-state index contributed by atoms with van der Waals surface area (Å²) in [6, 6.07) is 7.76. The van der Waals surface area contributed by atoms with Gasteiger partial charge in [0.15, 0.2) is 12.2 Å². The molecular formula is C18H22O7S. The maximum absolute atomic E-state index is 11.5. The zero-order valence-electron chi connectivity index (χ0n) is 15.1. The van der Waals surface area contributed by atoms with Gasteiger partial charge < -0.3 is 18.9 Å². The van der Waals surface area contributed by atoms with E-state index in [-0.39, 0.29) is 6.61 Å². The predicted molar refractivity (Wildman–Crippen MR) is 93.4 cm³/mol. The highest BCUT2D eigenvalue weighted by Crippen LogP contribution is 2.37. The van der Waals surface area contributed by atoms with E-state index in [1.165, 1.54) is 32.5 Å². The fraction of sp³-hybridized carbons (Fsp3) is 0.500. The summed E-state index contributed by atoms with van der Waals surface area (Å²) in [5.41, 5.74) is 0.510. The van der Waals surface area contributed by atoms with E-state index in [4.69, 9.17) is 18.9 Å². The number of carbonyl (C=O) groups is 3. The topological polar surface area (TPSA) is 88.1 Å². The van der Waals surface area contributed by atoms with Crippen molar-refractivity contribution in [1.29, 1.82) is 0 Å². The Morgan fingerprint density at radius 2 is 1.54 bits per heavy atom.